The number of carbonyl (C=O) groups is 1. The average Bonchev–Trinajstić information content (AvgIpc) is 2.74. The van der Waals surface area contributed by atoms with Gasteiger partial charge in [-0.2, -0.15) is 0 Å². The number of piperidine rings is 1. The fraction of sp³-hybridized carbons (Fsp3) is 0.636. The third kappa shape index (κ3) is 5.71. The second-order valence-electron chi connectivity index (χ2n) is 7.93. The number of rotatable bonds is 6. The molecule has 0 bridgehead atoms. The monoisotopic (exact) mass is 385 g/mol. The van der Waals surface area contributed by atoms with Crippen LogP contribution in [-0.2, 0) is 17.8 Å². The Morgan fingerprint density at radius 1 is 1.18 bits per heavy atom. The molecule has 3 rings (SSSR count). The summed E-state index contributed by atoms with van der Waals surface area (Å²) in [6.45, 7) is 6.25. The van der Waals surface area contributed by atoms with Crippen LogP contribution in [0.15, 0.2) is 29.3 Å². The summed E-state index contributed by atoms with van der Waals surface area (Å²) in [6, 6.07) is 8.81. The first-order valence-corrected chi connectivity index (χ1v) is 10.6. The molecule has 2 aliphatic rings. The van der Waals surface area contributed by atoms with Crippen LogP contribution in [0.3, 0.4) is 0 Å². The predicted molar refractivity (Wildman–Crippen MR) is 114 cm³/mol. The number of benzene rings is 1. The van der Waals surface area contributed by atoms with Crippen molar-refractivity contribution in [2.75, 3.05) is 46.8 Å². The summed E-state index contributed by atoms with van der Waals surface area (Å²) >= 11 is 0. The van der Waals surface area contributed by atoms with Crippen LogP contribution in [0.2, 0.25) is 0 Å². The Labute approximate surface area is 169 Å². The second-order valence-corrected chi connectivity index (χ2v) is 7.93. The lowest BCUT2D eigenvalue weighted by Crippen LogP contribution is -2.46. The van der Waals surface area contributed by atoms with E-state index >= 15 is 0 Å². The lowest BCUT2D eigenvalue weighted by atomic mass is 9.93. The van der Waals surface area contributed by atoms with E-state index in [1.165, 1.54) is 11.1 Å². The van der Waals surface area contributed by atoms with Gasteiger partial charge in [0.05, 0.1) is 0 Å². The zero-order chi connectivity index (χ0) is 19.8. The van der Waals surface area contributed by atoms with Crippen LogP contribution < -0.4 is 10.6 Å². The maximum atomic E-state index is 11.6. The SMILES string of the molecule is CN=C(NCCCN1CCc2ccccc2C1)N1CCC(CC(=O)NC)CC1. The highest BCUT2D eigenvalue weighted by atomic mass is 16.1. The Morgan fingerprint density at radius 2 is 1.93 bits per heavy atom. The van der Waals surface area contributed by atoms with Crippen LogP contribution in [-0.4, -0.2) is 68.5 Å². The number of hydrogen-bond donors (Lipinski definition) is 2. The van der Waals surface area contributed by atoms with Gasteiger partial charge in [-0.3, -0.25) is 14.7 Å². The van der Waals surface area contributed by atoms with Crippen molar-refractivity contribution in [3.05, 3.63) is 35.4 Å². The molecule has 1 aromatic rings. The van der Waals surface area contributed by atoms with Gasteiger partial charge in [0.1, 0.15) is 0 Å². The lowest BCUT2D eigenvalue weighted by molar-refractivity contribution is -0.121. The Kier molecular flexibility index (Phi) is 7.71. The van der Waals surface area contributed by atoms with E-state index in [0.29, 0.717) is 12.3 Å². The van der Waals surface area contributed by atoms with Crippen LogP contribution in [0.5, 0.6) is 0 Å². The molecule has 2 heterocycles. The molecule has 0 spiro atoms. The molecule has 1 saturated heterocycles. The summed E-state index contributed by atoms with van der Waals surface area (Å²) in [5, 5.41) is 6.27. The van der Waals surface area contributed by atoms with Gasteiger partial charge in [0, 0.05) is 59.8 Å². The number of likely N-dealkylation sites (tertiary alicyclic amines) is 1. The van der Waals surface area contributed by atoms with Gasteiger partial charge in [0.2, 0.25) is 5.91 Å². The zero-order valence-corrected chi connectivity index (χ0v) is 17.4. The van der Waals surface area contributed by atoms with Crippen LogP contribution >= 0.6 is 0 Å². The number of amides is 1. The fourth-order valence-electron chi connectivity index (χ4n) is 4.29. The third-order valence-corrected chi connectivity index (χ3v) is 6.02. The molecule has 0 aromatic heterocycles. The number of hydrogen-bond acceptors (Lipinski definition) is 3. The van der Waals surface area contributed by atoms with Crippen LogP contribution in [0.4, 0.5) is 0 Å². The van der Waals surface area contributed by atoms with E-state index in [1.54, 1.807) is 7.05 Å². The van der Waals surface area contributed by atoms with Gasteiger partial charge in [-0.25, -0.2) is 0 Å². The van der Waals surface area contributed by atoms with Crippen LogP contribution in [0.25, 0.3) is 0 Å². The number of fused-ring (bicyclic) bond motifs is 1. The van der Waals surface area contributed by atoms with Crippen molar-refractivity contribution in [1.82, 2.24) is 20.4 Å². The van der Waals surface area contributed by atoms with Crippen molar-refractivity contribution < 1.29 is 4.79 Å². The third-order valence-electron chi connectivity index (χ3n) is 6.02. The minimum atomic E-state index is 0.154. The molecule has 1 aromatic carbocycles. The van der Waals surface area contributed by atoms with E-state index in [0.717, 1.165) is 70.9 Å². The molecule has 1 fully saturated rings. The maximum absolute atomic E-state index is 11.6. The fourth-order valence-corrected chi connectivity index (χ4v) is 4.29. The van der Waals surface area contributed by atoms with Crippen molar-refractivity contribution in [3.63, 3.8) is 0 Å². The molecule has 6 heteroatoms. The molecule has 2 N–H and O–H groups in total. The molecular formula is C22H35N5O. The Bertz CT molecular complexity index is 667. The van der Waals surface area contributed by atoms with E-state index in [9.17, 15) is 4.79 Å². The molecule has 0 saturated carbocycles. The molecule has 28 heavy (non-hydrogen) atoms. The molecule has 0 atom stereocenters. The molecular weight excluding hydrogens is 350 g/mol. The summed E-state index contributed by atoms with van der Waals surface area (Å²) in [4.78, 5) is 20.9. The van der Waals surface area contributed by atoms with Crippen LogP contribution in [0, 0.1) is 5.92 Å². The highest BCUT2D eigenvalue weighted by molar-refractivity contribution is 5.80. The number of nitrogens with one attached hydrogen (secondary N) is 2. The first-order valence-electron chi connectivity index (χ1n) is 10.6. The number of nitrogens with zero attached hydrogens (tertiary/aromatic N) is 3. The first-order chi connectivity index (χ1) is 13.7. The number of guanidine groups is 1. The first kappa shape index (κ1) is 20.6. The molecule has 154 valence electrons. The molecule has 2 aliphatic heterocycles. The summed E-state index contributed by atoms with van der Waals surface area (Å²) in [5.41, 5.74) is 2.99. The van der Waals surface area contributed by atoms with E-state index in [1.807, 2.05) is 7.05 Å². The van der Waals surface area contributed by atoms with E-state index in [-0.39, 0.29) is 5.91 Å². The van der Waals surface area contributed by atoms with Gasteiger partial charge in [-0.15, -0.1) is 0 Å². The molecule has 6 nitrogen and oxygen atoms in total. The highest BCUT2D eigenvalue weighted by Crippen LogP contribution is 2.20. The topological polar surface area (TPSA) is 60.0 Å². The lowest BCUT2D eigenvalue weighted by Gasteiger charge is -2.34. The molecule has 0 radical (unpaired) electrons. The quantitative estimate of drug-likeness (QED) is 0.446. The molecule has 0 aliphatic carbocycles. The molecule has 0 unspecified atom stereocenters. The summed E-state index contributed by atoms with van der Waals surface area (Å²) in [5.74, 6) is 1.65. The number of aliphatic imine (C=N–C) groups is 1. The van der Waals surface area contributed by atoms with Gasteiger partial charge in [0.25, 0.3) is 0 Å². The normalized spacial score (nSPS) is 18.6. The van der Waals surface area contributed by atoms with Gasteiger partial charge < -0.3 is 15.5 Å². The minimum absolute atomic E-state index is 0.154. The zero-order valence-electron chi connectivity index (χ0n) is 17.4. The van der Waals surface area contributed by atoms with Gasteiger partial charge in [0.15, 0.2) is 5.96 Å². The standard InChI is InChI=1S/C22H35N5O/c1-23-21(28)16-18-8-14-27(15-9-18)22(24-2)25-11-5-12-26-13-10-19-6-3-4-7-20(19)17-26/h3-4,6-7,18H,5,8-17H2,1-2H3,(H,23,28)(H,24,25). The van der Waals surface area contributed by atoms with Crippen molar-refractivity contribution >= 4 is 11.9 Å². The largest absolute Gasteiger partial charge is 0.359 e. The van der Waals surface area contributed by atoms with Gasteiger partial charge in [-0.1, -0.05) is 24.3 Å². The summed E-state index contributed by atoms with van der Waals surface area (Å²) in [6.07, 6.45) is 5.04. The van der Waals surface area contributed by atoms with E-state index < -0.39 is 0 Å². The van der Waals surface area contributed by atoms with E-state index in [4.69, 9.17) is 0 Å². The molecule has 1 amide bonds. The van der Waals surface area contributed by atoms with Gasteiger partial charge >= 0.3 is 0 Å². The number of carbonyl (C=O) groups excluding carboxylic acids is 1. The van der Waals surface area contributed by atoms with Crippen molar-refractivity contribution in [3.8, 4) is 0 Å². The van der Waals surface area contributed by atoms with Crippen molar-refractivity contribution in [2.45, 2.75) is 38.6 Å². The van der Waals surface area contributed by atoms with Crippen molar-refractivity contribution in [2.24, 2.45) is 10.9 Å². The Balaban J connectivity index is 1.35. The summed E-state index contributed by atoms with van der Waals surface area (Å²) in [7, 11) is 3.58. The minimum Gasteiger partial charge on any atom is -0.359 e. The Hall–Kier alpha value is -2.08. The highest BCUT2D eigenvalue weighted by Gasteiger charge is 2.23. The van der Waals surface area contributed by atoms with Crippen LogP contribution in [0.1, 0.15) is 36.8 Å². The Morgan fingerprint density at radius 3 is 2.64 bits per heavy atom. The second kappa shape index (κ2) is 10.5. The van der Waals surface area contributed by atoms with Crippen molar-refractivity contribution in [1.29, 1.82) is 0 Å². The summed E-state index contributed by atoms with van der Waals surface area (Å²) < 4.78 is 0. The average molecular weight is 386 g/mol. The maximum Gasteiger partial charge on any atom is 0.220 e. The van der Waals surface area contributed by atoms with Gasteiger partial charge in [-0.05, 0) is 42.7 Å². The smallest absolute Gasteiger partial charge is 0.220 e. The predicted octanol–water partition coefficient (Wildman–Crippen LogP) is 1.86. The van der Waals surface area contributed by atoms with E-state index in [2.05, 4.69) is 49.7 Å².